The zero-order valence-corrected chi connectivity index (χ0v) is 11.9. The van der Waals surface area contributed by atoms with Gasteiger partial charge in [-0.15, -0.1) is 0 Å². The standard InChI is InChI=1S/C15H19FN2O3/c1-9(19)17-14-8-12(5-6-13(14)16)18-11-4-2-3-10(7-11)15(20)21/h5-6,8,10-11,18H,2-4,7H2,1H3,(H,17,19)(H,20,21). The van der Waals surface area contributed by atoms with Gasteiger partial charge in [0.05, 0.1) is 11.6 Å². The Labute approximate surface area is 122 Å². The van der Waals surface area contributed by atoms with E-state index in [1.54, 1.807) is 6.07 Å². The Bertz CT molecular complexity index is 548. The predicted molar refractivity (Wildman–Crippen MR) is 77.7 cm³/mol. The van der Waals surface area contributed by atoms with Crippen LogP contribution in [0, 0.1) is 11.7 Å². The van der Waals surface area contributed by atoms with Crippen LogP contribution in [0.25, 0.3) is 0 Å². The van der Waals surface area contributed by atoms with Crippen LogP contribution < -0.4 is 10.6 Å². The van der Waals surface area contributed by atoms with E-state index in [0.717, 1.165) is 12.8 Å². The molecular weight excluding hydrogens is 275 g/mol. The molecule has 114 valence electrons. The minimum absolute atomic E-state index is 0.0514. The Kier molecular flexibility index (Phi) is 4.77. The highest BCUT2D eigenvalue weighted by atomic mass is 19.1. The first-order valence-electron chi connectivity index (χ1n) is 7.02. The molecule has 2 atom stereocenters. The molecule has 6 heteroatoms. The average Bonchev–Trinajstić information content (AvgIpc) is 2.42. The van der Waals surface area contributed by atoms with Gasteiger partial charge in [-0.2, -0.15) is 0 Å². The van der Waals surface area contributed by atoms with E-state index in [1.807, 2.05) is 0 Å². The summed E-state index contributed by atoms with van der Waals surface area (Å²) < 4.78 is 13.6. The number of hydrogen-bond acceptors (Lipinski definition) is 3. The third-order valence-electron chi connectivity index (χ3n) is 3.67. The van der Waals surface area contributed by atoms with Gasteiger partial charge in [0.2, 0.25) is 5.91 Å². The molecule has 2 unspecified atom stereocenters. The first-order valence-corrected chi connectivity index (χ1v) is 7.02. The van der Waals surface area contributed by atoms with Gasteiger partial charge in [0.25, 0.3) is 0 Å². The summed E-state index contributed by atoms with van der Waals surface area (Å²) >= 11 is 0. The molecule has 21 heavy (non-hydrogen) atoms. The van der Waals surface area contributed by atoms with Crippen LogP contribution in [0.2, 0.25) is 0 Å². The lowest BCUT2D eigenvalue weighted by molar-refractivity contribution is -0.142. The van der Waals surface area contributed by atoms with Crippen molar-refractivity contribution < 1.29 is 19.1 Å². The van der Waals surface area contributed by atoms with E-state index in [-0.39, 0.29) is 23.6 Å². The first-order chi connectivity index (χ1) is 9.95. The molecule has 1 fully saturated rings. The summed E-state index contributed by atoms with van der Waals surface area (Å²) in [4.78, 5) is 22.1. The molecular formula is C15H19FN2O3. The Balaban J connectivity index is 2.05. The number of nitrogens with one attached hydrogen (secondary N) is 2. The van der Waals surface area contributed by atoms with E-state index in [0.29, 0.717) is 18.5 Å². The van der Waals surface area contributed by atoms with Crippen LogP contribution in [0.3, 0.4) is 0 Å². The molecule has 2 rings (SSSR count). The highest BCUT2D eigenvalue weighted by Gasteiger charge is 2.26. The molecule has 0 heterocycles. The molecule has 1 aliphatic carbocycles. The maximum Gasteiger partial charge on any atom is 0.306 e. The SMILES string of the molecule is CC(=O)Nc1cc(NC2CCCC(C(=O)O)C2)ccc1F. The molecule has 0 aliphatic heterocycles. The quantitative estimate of drug-likeness (QED) is 0.798. The molecule has 1 aromatic carbocycles. The number of anilines is 2. The molecule has 0 aromatic heterocycles. The normalized spacial score (nSPS) is 21.6. The van der Waals surface area contributed by atoms with Crippen LogP contribution >= 0.6 is 0 Å². The summed E-state index contributed by atoms with van der Waals surface area (Å²) in [5.74, 6) is -1.93. The van der Waals surface area contributed by atoms with Crippen LogP contribution in [-0.4, -0.2) is 23.0 Å². The van der Waals surface area contributed by atoms with Crippen LogP contribution in [0.5, 0.6) is 0 Å². The monoisotopic (exact) mass is 294 g/mol. The number of halogens is 1. The molecule has 3 N–H and O–H groups in total. The minimum Gasteiger partial charge on any atom is -0.481 e. The molecule has 1 aromatic rings. The third-order valence-corrected chi connectivity index (χ3v) is 3.67. The fourth-order valence-corrected chi connectivity index (χ4v) is 2.68. The summed E-state index contributed by atoms with van der Waals surface area (Å²) in [5.41, 5.74) is 0.800. The molecule has 0 saturated heterocycles. The van der Waals surface area contributed by atoms with E-state index < -0.39 is 11.8 Å². The largest absolute Gasteiger partial charge is 0.481 e. The van der Waals surface area contributed by atoms with Crippen molar-refractivity contribution >= 4 is 23.3 Å². The number of benzene rings is 1. The molecule has 5 nitrogen and oxygen atoms in total. The van der Waals surface area contributed by atoms with Crippen molar-refractivity contribution in [2.24, 2.45) is 5.92 Å². The Morgan fingerprint density at radius 3 is 2.76 bits per heavy atom. The van der Waals surface area contributed by atoms with Crippen molar-refractivity contribution in [3.8, 4) is 0 Å². The fourth-order valence-electron chi connectivity index (χ4n) is 2.68. The number of rotatable bonds is 4. The van der Waals surface area contributed by atoms with Gasteiger partial charge in [-0.25, -0.2) is 4.39 Å². The molecule has 1 saturated carbocycles. The minimum atomic E-state index is -0.764. The van der Waals surface area contributed by atoms with E-state index >= 15 is 0 Å². The molecule has 1 amide bonds. The van der Waals surface area contributed by atoms with Gasteiger partial charge in [-0.05, 0) is 37.5 Å². The lowest BCUT2D eigenvalue weighted by atomic mass is 9.85. The average molecular weight is 294 g/mol. The van der Waals surface area contributed by atoms with Crippen LogP contribution in [0.4, 0.5) is 15.8 Å². The van der Waals surface area contributed by atoms with Crippen LogP contribution in [0.1, 0.15) is 32.6 Å². The summed E-state index contributed by atoms with van der Waals surface area (Å²) in [6.45, 7) is 1.32. The number of hydrogen-bond donors (Lipinski definition) is 3. The molecule has 0 bridgehead atoms. The van der Waals surface area contributed by atoms with E-state index in [2.05, 4.69) is 10.6 Å². The zero-order valence-electron chi connectivity index (χ0n) is 11.9. The number of carboxylic acids is 1. The summed E-state index contributed by atoms with van der Waals surface area (Å²) in [6, 6.07) is 4.45. The Hall–Kier alpha value is -2.11. The number of carboxylic acid groups (broad SMARTS) is 1. The second-order valence-electron chi connectivity index (χ2n) is 5.42. The first kappa shape index (κ1) is 15.3. The van der Waals surface area contributed by atoms with Crippen LogP contribution in [0.15, 0.2) is 18.2 Å². The number of carbonyl (C=O) groups excluding carboxylic acids is 1. The highest BCUT2D eigenvalue weighted by Crippen LogP contribution is 2.28. The predicted octanol–water partition coefficient (Wildman–Crippen LogP) is 2.84. The van der Waals surface area contributed by atoms with Crippen molar-refractivity contribution in [3.63, 3.8) is 0 Å². The highest BCUT2D eigenvalue weighted by molar-refractivity contribution is 5.89. The zero-order chi connectivity index (χ0) is 15.4. The Morgan fingerprint density at radius 2 is 2.10 bits per heavy atom. The fraction of sp³-hybridized carbons (Fsp3) is 0.467. The number of carbonyl (C=O) groups is 2. The van der Waals surface area contributed by atoms with Gasteiger partial charge in [0, 0.05) is 18.7 Å². The maximum atomic E-state index is 13.6. The van der Waals surface area contributed by atoms with Gasteiger partial charge in [-0.1, -0.05) is 6.42 Å². The smallest absolute Gasteiger partial charge is 0.306 e. The van der Waals surface area contributed by atoms with Crippen molar-refractivity contribution in [2.75, 3.05) is 10.6 Å². The molecule has 1 aliphatic rings. The summed E-state index contributed by atoms with van der Waals surface area (Å²) in [5, 5.41) is 14.7. The van der Waals surface area contributed by atoms with Crippen molar-refractivity contribution in [1.29, 1.82) is 0 Å². The lowest BCUT2D eigenvalue weighted by Gasteiger charge is -2.28. The van der Waals surface area contributed by atoms with E-state index in [4.69, 9.17) is 5.11 Å². The maximum absolute atomic E-state index is 13.6. The molecule has 0 radical (unpaired) electrons. The summed E-state index contributed by atoms with van der Waals surface area (Å²) in [7, 11) is 0. The van der Waals surface area contributed by atoms with Gasteiger partial charge >= 0.3 is 5.97 Å². The Morgan fingerprint density at radius 1 is 1.33 bits per heavy atom. The van der Waals surface area contributed by atoms with E-state index in [9.17, 15) is 14.0 Å². The lowest BCUT2D eigenvalue weighted by Crippen LogP contribution is -2.31. The number of amides is 1. The van der Waals surface area contributed by atoms with Gasteiger partial charge in [-0.3, -0.25) is 9.59 Å². The molecule has 0 spiro atoms. The van der Waals surface area contributed by atoms with E-state index in [1.165, 1.54) is 19.1 Å². The van der Waals surface area contributed by atoms with Gasteiger partial charge < -0.3 is 15.7 Å². The second-order valence-corrected chi connectivity index (χ2v) is 5.42. The van der Waals surface area contributed by atoms with Crippen molar-refractivity contribution in [2.45, 2.75) is 38.6 Å². The second kappa shape index (κ2) is 6.56. The van der Waals surface area contributed by atoms with Gasteiger partial charge in [0.1, 0.15) is 5.82 Å². The van der Waals surface area contributed by atoms with Crippen molar-refractivity contribution in [3.05, 3.63) is 24.0 Å². The van der Waals surface area contributed by atoms with Crippen LogP contribution in [-0.2, 0) is 9.59 Å². The third kappa shape index (κ3) is 4.18. The number of aliphatic carboxylic acids is 1. The van der Waals surface area contributed by atoms with Gasteiger partial charge in [0.15, 0.2) is 0 Å². The summed E-state index contributed by atoms with van der Waals surface area (Å²) in [6.07, 6.45) is 3.00. The topological polar surface area (TPSA) is 78.4 Å². The van der Waals surface area contributed by atoms with Crippen molar-refractivity contribution in [1.82, 2.24) is 0 Å².